The smallest absolute Gasteiger partial charge is 0.414 e. The van der Waals surface area contributed by atoms with Crippen LogP contribution in [0.25, 0.3) is 11.4 Å². The number of cyclic esters (lactones) is 2. The zero-order valence-corrected chi connectivity index (χ0v) is 48.4. The maximum absolute atomic E-state index is 15.1. The molecule has 444 valence electrons. The number of benzene rings is 1. The van der Waals surface area contributed by atoms with Crippen molar-refractivity contribution in [3.05, 3.63) is 41.8 Å². The Morgan fingerprint density at radius 1 is 0.949 bits per heavy atom. The number of ether oxygens (including phenoxy) is 7. The van der Waals surface area contributed by atoms with Gasteiger partial charge in [0.05, 0.1) is 71.6 Å². The molecular formula is C55H87FN8O15. The minimum Gasteiger partial charge on any atom is -0.459 e. The van der Waals surface area contributed by atoms with Crippen molar-refractivity contribution in [1.82, 2.24) is 34.9 Å². The van der Waals surface area contributed by atoms with Gasteiger partial charge in [0, 0.05) is 63.7 Å². The molecule has 3 aromatic rings. The number of aliphatic hydroxyl groups is 5. The Morgan fingerprint density at radius 2 is 1.67 bits per heavy atom. The van der Waals surface area contributed by atoms with E-state index in [9.17, 15) is 35.1 Å². The molecule has 6 heterocycles. The third-order valence-electron chi connectivity index (χ3n) is 16.7. The van der Waals surface area contributed by atoms with Crippen LogP contribution in [0.3, 0.4) is 0 Å². The van der Waals surface area contributed by atoms with Crippen molar-refractivity contribution in [2.45, 2.75) is 218 Å². The van der Waals surface area contributed by atoms with Gasteiger partial charge in [-0.3, -0.25) is 9.69 Å². The molecule has 1 aromatic carbocycles. The number of amides is 1. The lowest BCUT2D eigenvalue weighted by Gasteiger charge is -2.49. The van der Waals surface area contributed by atoms with Gasteiger partial charge in [0.25, 0.3) is 0 Å². The Kier molecular flexibility index (Phi) is 20.1. The summed E-state index contributed by atoms with van der Waals surface area (Å²) in [6, 6.07) is 3.20. The Morgan fingerprint density at radius 3 is 2.33 bits per heavy atom. The normalized spacial score (nSPS) is 38.6. The first kappa shape index (κ1) is 62.3. The lowest BCUT2D eigenvalue weighted by Crippen LogP contribution is -2.61. The molecule has 0 radical (unpaired) electrons. The van der Waals surface area contributed by atoms with E-state index in [0.717, 1.165) is 0 Å². The standard InChI is InChI=1S/C55H87FN8O15/c1-15-42-55(12,71)46(66)33(7)62(14)25-29(3)23-53(10,70)48(31(5)45(32(6)50(68)76-42)77-43-24-54(11,72-16-2)47(67)34(8)74-43)78-51-44(65)41(21-30(4)73-51)61(13)20-19-36-26-63(60-58-36)27-38-28-64(52(69)75-38)37-17-18-39(40(56)22-37)49-57-35(9)79-59-49/h17-18,22,26,29-34,38,41-48,51,65-67,70-71H,15-16,19-21,23-25,27-28H2,1-14H3/t29-,30-,31+,32-,33-,34+,38+,41+,42-,43+,44-,45+,46-,47+,48-,51+,53-,54-,55-/m1/s1. The summed E-state index contributed by atoms with van der Waals surface area (Å²) in [6.45, 7) is 22.3. The quantitative estimate of drug-likeness (QED) is 0.134. The summed E-state index contributed by atoms with van der Waals surface area (Å²) >= 11 is 0. The minimum absolute atomic E-state index is 0.0875. The first-order valence-electron chi connectivity index (χ1n) is 27.9. The molecule has 1 amide bonds. The molecule has 7 rings (SSSR count). The van der Waals surface area contributed by atoms with E-state index < -0.39 is 126 Å². The number of aromatic nitrogens is 5. The highest BCUT2D eigenvalue weighted by atomic mass is 19.1. The summed E-state index contributed by atoms with van der Waals surface area (Å²) in [4.78, 5) is 36.9. The van der Waals surface area contributed by atoms with Crippen molar-refractivity contribution in [2.24, 2.45) is 17.8 Å². The first-order chi connectivity index (χ1) is 37.1. The third kappa shape index (κ3) is 14.1. The molecule has 0 saturated carbocycles. The fourth-order valence-electron chi connectivity index (χ4n) is 12.2. The van der Waals surface area contributed by atoms with E-state index in [1.165, 1.54) is 24.0 Å². The summed E-state index contributed by atoms with van der Waals surface area (Å²) in [5, 5.41) is 72.5. The van der Waals surface area contributed by atoms with Crippen LogP contribution in [-0.4, -0.2) is 209 Å². The maximum Gasteiger partial charge on any atom is 0.414 e. The summed E-state index contributed by atoms with van der Waals surface area (Å²) in [7, 11) is 3.71. The fourth-order valence-corrected chi connectivity index (χ4v) is 12.2. The molecule has 79 heavy (non-hydrogen) atoms. The molecular weight excluding hydrogens is 1030 g/mol. The molecule has 0 spiro atoms. The number of rotatable bonds is 15. The number of hydrogen-bond donors (Lipinski definition) is 5. The molecule has 4 saturated heterocycles. The second-order valence-electron chi connectivity index (χ2n) is 23.5. The Hall–Kier alpha value is -4.31. The van der Waals surface area contributed by atoms with Gasteiger partial charge >= 0.3 is 12.1 Å². The van der Waals surface area contributed by atoms with Crippen LogP contribution in [0.1, 0.15) is 113 Å². The molecule has 2 aromatic heterocycles. The van der Waals surface area contributed by atoms with Crippen molar-refractivity contribution < 1.29 is 77.2 Å². The molecule has 19 atom stereocenters. The molecule has 4 fully saturated rings. The molecule has 0 unspecified atom stereocenters. The highest BCUT2D eigenvalue weighted by Gasteiger charge is 2.53. The van der Waals surface area contributed by atoms with Crippen LogP contribution in [0.2, 0.25) is 0 Å². The number of esters is 1. The maximum atomic E-state index is 15.1. The van der Waals surface area contributed by atoms with Gasteiger partial charge in [0.15, 0.2) is 12.6 Å². The van der Waals surface area contributed by atoms with E-state index in [2.05, 4.69) is 20.5 Å². The van der Waals surface area contributed by atoms with Crippen molar-refractivity contribution in [1.29, 1.82) is 0 Å². The zero-order valence-electron chi connectivity index (χ0n) is 48.4. The van der Waals surface area contributed by atoms with Crippen LogP contribution in [0.4, 0.5) is 14.9 Å². The third-order valence-corrected chi connectivity index (χ3v) is 16.7. The number of likely N-dealkylation sites (N-methyl/N-ethyl adjacent to an activating group) is 2. The van der Waals surface area contributed by atoms with E-state index >= 15 is 4.39 Å². The molecule has 5 N–H and O–H groups in total. The molecule has 23 nitrogen and oxygen atoms in total. The summed E-state index contributed by atoms with van der Waals surface area (Å²) in [5.41, 5.74) is -3.52. The van der Waals surface area contributed by atoms with E-state index in [4.69, 9.17) is 37.7 Å². The first-order valence-corrected chi connectivity index (χ1v) is 27.9. The average Bonchev–Trinajstić information content (AvgIpc) is 4.15. The van der Waals surface area contributed by atoms with Crippen LogP contribution in [-0.2, 0) is 50.9 Å². The van der Waals surface area contributed by atoms with Gasteiger partial charge in [0.2, 0.25) is 11.7 Å². The lowest BCUT2D eigenvalue weighted by atomic mass is 9.77. The number of anilines is 1. The van der Waals surface area contributed by atoms with Gasteiger partial charge in [-0.25, -0.2) is 13.9 Å². The average molecular weight is 1120 g/mol. The van der Waals surface area contributed by atoms with Crippen LogP contribution < -0.4 is 4.90 Å². The Labute approximate surface area is 462 Å². The largest absolute Gasteiger partial charge is 0.459 e. The number of aryl methyl sites for hydroxylation is 1. The van der Waals surface area contributed by atoms with Crippen molar-refractivity contribution in [2.75, 3.05) is 45.2 Å². The highest BCUT2D eigenvalue weighted by Crippen LogP contribution is 2.41. The topological polar surface area (TPSA) is 279 Å². The summed E-state index contributed by atoms with van der Waals surface area (Å²) in [5.74, 6) is -3.13. The van der Waals surface area contributed by atoms with Gasteiger partial charge < -0.3 is 73.0 Å². The zero-order chi connectivity index (χ0) is 58.1. The Balaban J connectivity index is 1.08. The SMILES string of the molecule is CCO[C@]1(C)C[C@H](O[C@H]2[C@H](C)[C@@H](O[C@@H]3O[C@H](C)C[C@H](N(C)CCc4cn(C[C@H]5CN(c6ccc(-c7noc(C)n7)c(F)c6)C(=O)O5)nn4)[C@H]3O)[C@](C)(O)C[C@@H](C)CN(C)[C@H](C)[C@@H](O)[C@](C)(O)[C@@H](CC)OC(=O)[C@@H]2C)O[C@@H](C)[C@@H]1O. The number of aliphatic hydroxyl groups excluding tert-OH is 3. The van der Waals surface area contributed by atoms with E-state index in [-0.39, 0.29) is 49.7 Å². The van der Waals surface area contributed by atoms with E-state index in [1.54, 1.807) is 72.3 Å². The predicted molar refractivity (Wildman–Crippen MR) is 284 cm³/mol. The molecule has 0 bridgehead atoms. The van der Waals surface area contributed by atoms with Crippen molar-refractivity contribution in [3.8, 4) is 11.4 Å². The molecule has 24 heteroatoms. The van der Waals surface area contributed by atoms with Crippen molar-refractivity contribution >= 4 is 17.7 Å². The van der Waals surface area contributed by atoms with Gasteiger partial charge in [0.1, 0.15) is 41.9 Å². The molecule has 0 aliphatic carbocycles. The van der Waals surface area contributed by atoms with Gasteiger partial charge in [-0.05, 0) is 113 Å². The van der Waals surface area contributed by atoms with E-state index in [0.29, 0.717) is 49.8 Å². The molecule has 4 aliphatic heterocycles. The van der Waals surface area contributed by atoms with Crippen LogP contribution in [0.15, 0.2) is 28.9 Å². The second kappa shape index (κ2) is 25.5. The monoisotopic (exact) mass is 1120 g/mol. The van der Waals surface area contributed by atoms with Gasteiger partial charge in [-0.15, -0.1) is 5.10 Å². The lowest BCUT2D eigenvalue weighted by molar-refractivity contribution is -0.319. The number of carbonyl (C=O) groups is 2. The predicted octanol–water partition coefficient (Wildman–Crippen LogP) is 4.02. The fraction of sp³-hybridized carbons (Fsp3) is 0.782. The summed E-state index contributed by atoms with van der Waals surface area (Å²) in [6.07, 6.45) is -8.59. The molecule has 4 aliphatic rings. The van der Waals surface area contributed by atoms with Crippen LogP contribution in [0.5, 0.6) is 0 Å². The Bertz CT molecular complexity index is 2500. The number of halogens is 1. The highest BCUT2D eigenvalue weighted by molar-refractivity contribution is 5.90. The van der Waals surface area contributed by atoms with E-state index in [1.807, 2.05) is 44.7 Å². The number of carbonyl (C=O) groups excluding carboxylic acids is 2. The van der Waals surface area contributed by atoms with Gasteiger partial charge in [-0.2, -0.15) is 4.98 Å². The summed E-state index contributed by atoms with van der Waals surface area (Å²) < 4.78 is 66.1. The van der Waals surface area contributed by atoms with Crippen LogP contribution in [0, 0.1) is 30.5 Å². The van der Waals surface area contributed by atoms with Crippen molar-refractivity contribution in [3.63, 3.8) is 0 Å². The number of nitrogens with zero attached hydrogens (tertiary/aromatic N) is 8. The second-order valence-corrected chi connectivity index (χ2v) is 23.5. The minimum atomic E-state index is -1.86. The number of hydrogen-bond acceptors (Lipinski definition) is 21. The van der Waals surface area contributed by atoms with Crippen LogP contribution >= 0.6 is 0 Å². The van der Waals surface area contributed by atoms with Gasteiger partial charge in [-0.1, -0.05) is 31.1 Å².